The molecule has 0 saturated heterocycles. The Morgan fingerprint density at radius 1 is 1.00 bits per heavy atom. The molecule has 0 radical (unpaired) electrons. The van der Waals surface area contributed by atoms with Crippen LogP contribution in [-0.2, 0) is 17.6 Å². The van der Waals surface area contributed by atoms with Crippen LogP contribution in [0.3, 0.4) is 0 Å². The number of para-hydroxylation sites is 2. The molecule has 0 fully saturated rings. The summed E-state index contributed by atoms with van der Waals surface area (Å²) in [5.74, 6) is 1.35. The van der Waals surface area contributed by atoms with E-state index in [4.69, 9.17) is 9.47 Å². The summed E-state index contributed by atoms with van der Waals surface area (Å²) in [6.45, 7) is 4.44. The number of carbonyl (C=O) groups excluding carboxylic acids is 1. The number of rotatable bonds is 9. The summed E-state index contributed by atoms with van der Waals surface area (Å²) in [7, 11) is 0. The number of ether oxygens (including phenoxy) is 2. The summed E-state index contributed by atoms with van der Waals surface area (Å²) in [6.07, 6.45) is 5.16. The van der Waals surface area contributed by atoms with Crippen LogP contribution < -0.4 is 14.8 Å². The Kier molecular flexibility index (Phi) is 6.75. The molecule has 2 N–H and O–H groups in total. The highest BCUT2D eigenvalue weighted by Gasteiger charge is 2.28. The van der Waals surface area contributed by atoms with Crippen LogP contribution in [0.25, 0.3) is 10.9 Å². The average Bonchev–Trinajstić information content (AvgIpc) is 3.54. The van der Waals surface area contributed by atoms with Crippen LogP contribution in [0.15, 0.2) is 72.9 Å². The summed E-state index contributed by atoms with van der Waals surface area (Å²) >= 11 is 0. The Morgan fingerprint density at radius 2 is 1.83 bits per heavy atom. The third-order valence-corrected chi connectivity index (χ3v) is 6.90. The number of amides is 1. The van der Waals surface area contributed by atoms with Crippen molar-refractivity contribution in [2.45, 2.75) is 51.5 Å². The molecule has 1 aliphatic rings. The SMILES string of the molecule is CCc1cccc2c([C@@H](CC(=O)N[C@H](C)CCc3ccccc3)c3cccc4c3OCO4)c[nH]c12. The molecular formula is C30H32N2O3. The van der Waals surface area contributed by atoms with Gasteiger partial charge in [0.1, 0.15) is 0 Å². The van der Waals surface area contributed by atoms with E-state index >= 15 is 0 Å². The van der Waals surface area contributed by atoms with Crippen LogP contribution in [-0.4, -0.2) is 23.7 Å². The van der Waals surface area contributed by atoms with Gasteiger partial charge < -0.3 is 19.8 Å². The lowest BCUT2D eigenvalue weighted by Gasteiger charge is -2.21. The van der Waals surface area contributed by atoms with E-state index in [1.54, 1.807) is 0 Å². The molecule has 0 unspecified atom stereocenters. The number of nitrogens with one attached hydrogen (secondary N) is 2. The molecule has 0 saturated carbocycles. The van der Waals surface area contributed by atoms with Gasteiger partial charge in [-0.1, -0.05) is 67.6 Å². The fourth-order valence-electron chi connectivity index (χ4n) is 5.06. The number of fused-ring (bicyclic) bond motifs is 2. The largest absolute Gasteiger partial charge is 0.454 e. The molecule has 0 aliphatic carbocycles. The van der Waals surface area contributed by atoms with Gasteiger partial charge in [0.05, 0.1) is 0 Å². The van der Waals surface area contributed by atoms with Crippen molar-refractivity contribution in [3.8, 4) is 11.5 Å². The van der Waals surface area contributed by atoms with Gasteiger partial charge in [-0.2, -0.15) is 0 Å². The molecule has 5 rings (SSSR count). The van der Waals surface area contributed by atoms with Crippen molar-refractivity contribution in [3.63, 3.8) is 0 Å². The van der Waals surface area contributed by atoms with Crippen LogP contribution >= 0.6 is 0 Å². The summed E-state index contributed by atoms with van der Waals surface area (Å²) in [5, 5.41) is 4.38. The zero-order chi connectivity index (χ0) is 24.2. The highest BCUT2D eigenvalue weighted by molar-refractivity contribution is 5.88. The van der Waals surface area contributed by atoms with Gasteiger partial charge in [0, 0.05) is 41.0 Å². The second-order valence-electron chi connectivity index (χ2n) is 9.27. The van der Waals surface area contributed by atoms with Crippen molar-refractivity contribution >= 4 is 16.8 Å². The molecule has 4 aromatic rings. The molecule has 180 valence electrons. The molecule has 2 heterocycles. The fourth-order valence-corrected chi connectivity index (χ4v) is 5.06. The molecule has 3 aromatic carbocycles. The number of hydrogen-bond acceptors (Lipinski definition) is 3. The van der Waals surface area contributed by atoms with Crippen LogP contribution in [0.4, 0.5) is 0 Å². The van der Waals surface area contributed by atoms with Gasteiger partial charge in [-0.25, -0.2) is 0 Å². The summed E-state index contributed by atoms with van der Waals surface area (Å²) in [4.78, 5) is 16.8. The van der Waals surface area contributed by atoms with Crippen molar-refractivity contribution in [2.24, 2.45) is 0 Å². The van der Waals surface area contributed by atoms with Gasteiger partial charge in [0.2, 0.25) is 12.7 Å². The van der Waals surface area contributed by atoms with Crippen LogP contribution in [0.1, 0.15) is 54.9 Å². The standard InChI is InChI=1S/C30H32N2O3/c1-3-22-11-7-12-23-26(18-31-29(22)23)25(24-13-8-14-27-30(24)35-19-34-27)17-28(33)32-20(2)15-16-21-9-5-4-6-10-21/h4-14,18,20,25,31H,3,15-17,19H2,1-2H3,(H,32,33)/t20-,25+/m1/s1. The fraction of sp³-hybridized carbons (Fsp3) is 0.300. The van der Waals surface area contributed by atoms with Crippen LogP contribution in [0.5, 0.6) is 11.5 Å². The van der Waals surface area contributed by atoms with E-state index in [0.29, 0.717) is 6.42 Å². The Labute approximate surface area is 206 Å². The maximum Gasteiger partial charge on any atom is 0.231 e. The number of carbonyl (C=O) groups is 1. The number of aryl methyl sites for hydroxylation is 2. The Balaban J connectivity index is 1.41. The van der Waals surface area contributed by atoms with E-state index in [9.17, 15) is 4.79 Å². The lowest BCUT2D eigenvalue weighted by molar-refractivity contribution is -0.121. The van der Waals surface area contributed by atoms with E-state index in [0.717, 1.165) is 52.8 Å². The molecule has 35 heavy (non-hydrogen) atoms. The van der Waals surface area contributed by atoms with Crippen molar-refractivity contribution in [2.75, 3.05) is 6.79 Å². The van der Waals surface area contributed by atoms with Crippen molar-refractivity contribution in [1.82, 2.24) is 10.3 Å². The quantitative estimate of drug-likeness (QED) is 0.311. The maximum absolute atomic E-state index is 13.3. The monoisotopic (exact) mass is 468 g/mol. The number of hydrogen-bond donors (Lipinski definition) is 2. The minimum absolute atomic E-state index is 0.0353. The number of benzene rings is 3. The Bertz CT molecular complexity index is 1310. The maximum atomic E-state index is 13.3. The van der Waals surface area contributed by atoms with Gasteiger partial charge in [0.25, 0.3) is 0 Å². The molecule has 0 bridgehead atoms. The van der Waals surface area contributed by atoms with Gasteiger partial charge in [0.15, 0.2) is 11.5 Å². The first-order valence-electron chi connectivity index (χ1n) is 12.4. The Hall–Kier alpha value is -3.73. The molecule has 5 heteroatoms. The minimum atomic E-state index is -0.158. The van der Waals surface area contributed by atoms with E-state index < -0.39 is 0 Å². The second kappa shape index (κ2) is 10.3. The zero-order valence-electron chi connectivity index (χ0n) is 20.3. The third-order valence-electron chi connectivity index (χ3n) is 6.90. The average molecular weight is 469 g/mol. The van der Waals surface area contributed by atoms with Gasteiger partial charge in [-0.05, 0) is 48.9 Å². The first kappa shape index (κ1) is 23.0. The van der Waals surface area contributed by atoms with Crippen molar-refractivity contribution in [1.29, 1.82) is 0 Å². The summed E-state index contributed by atoms with van der Waals surface area (Å²) in [5.41, 5.74) is 5.77. The highest BCUT2D eigenvalue weighted by atomic mass is 16.7. The van der Waals surface area contributed by atoms with Crippen LogP contribution in [0.2, 0.25) is 0 Å². The van der Waals surface area contributed by atoms with Gasteiger partial charge in [-0.15, -0.1) is 0 Å². The molecule has 5 nitrogen and oxygen atoms in total. The van der Waals surface area contributed by atoms with E-state index in [1.165, 1.54) is 11.1 Å². The highest BCUT2D eigenvalue weighted by Crippen LogP contribution is 2.44. The summed E-state index contributed by atoms with van der Waals surface area (Å²) in [6, 6.07) is 22.8. The van der Waals surface area contributed by atoms with E-state index in [2.05, 4.69) is 72.8 Å². The zero-order valence-corrected chi connectivity index (χ0v) is 20.3. The van der Waals surface area contributed by atoms with E-state index in [-0.39, 0.29) is 24.7 Å². The van der Waals surface area contributed by atoms with Gasteiger partial charge >= 0.3 is 0 Å². The molecule has 1 aliphatic heterocycles. The van der Waals surface area contributed by atoms with E-state index in [1.807, 2.05) is 24.3 Å². The first-order valence-corrected chi connectivity index (χ1v) is 12.4. The summed E-state index contributed by atoms with van der Waals surface area (Å²) < 4.78 is 11.5. The minimum Gasteiger partial charge on any atom is -0.454 e. The second-order valence-corrected chi connectivity index (χ2v) is 9.27. The molecule has 0 spiro atoms. The Morgan fingerprint density at radius 3 is 2.66 bits per heavy atom. The molecule has 1 amide bonds. The molecular weight excluding hydrogens is 436 g/mol. The van der Waals surface area contributed by atoms with Crippen molar-refractivity contribution < 1.29 is 14.3 Å². The van der Waals surface area contributed by atoms with Crippen LogP contribution in [0, 0.1) is 0 Å². The number of H-pyrrole nitrogens is 1. The lowest BCUT2D eigenvalue weighted by atomic mass is 9.86. The predicted molar refractivity (Wildman–Crippen MR) is 139 cm³/mol. The lowest BCUT2D eigenvalue weighted by Crippen LogP contribution is -2.33. The predicted octanol–water partition coefficient (Wildman–Crippen LogP) is 6.12. The van der Waals surface area contributed by atoms with Gasteiger partial charge in [-0.3, -0.25) is 4.79 Å². The number of aromatic nitrogens is 1. The normalized spacial score (nSPS) is 14.1. The third kappa shape index (κ3) is 4.90. The number of aromatic amines is 1. The molecule has 1 aromatic heterocycles. The molecule has 2 atom stereocenters. The smallest absolute Gasteiger partial charge is 0.231 e. The van der Waals surface area contributed by atoms with Crippen molar-refractivity contribution in [3.05, 3.63) is 95.2 Å². The first-order chi connectivity index (χ1) is 17.1. The topological polar surface area (TPSA) is 63.4 Å².